The van der Waals surface area contributed by atoms with Gasteiger partial charge in [0, 0.05) is 0 Å². The topological polar surface area (TPSA) is 0 Å². The van der Waals surface area contributed by atoms with Crippen molar-refractivity contribution in [2.45, 2.75) is 20.8 Å². The molecule has 0 saturated carbocycles. The molecule has 2 aromatic rings. The van der Waals surface area contributed by atoms with Crippen molar-refractivity contribution in [3.8, 4) is 0 Å². The summed E-state index contributed by atoms with van der Waals surface area (Å²) < 4.78 is 0. The van der Waals surface area contributed by atoms with Crippen LogP contribution >= 0.6 is 0 Å². The lowest BCUT2D eigenvalue weighted by molar-refractivity contribution is 1.35. The fourth-order valence-electron chi connectivity index (χ4n) is 2.23. The maximum atomic E-state index is 3.06. The van der Waals surface area contributed by atoms with Crippen LogP contribution in [0.3, 0.4) is 0 Å². The van der Waals surface area contributed by atoms with Gasteiger partial charge in [0.1, 0.15) is 0 Å². The largest absolute Gasteiger partial charge is 0.192 e. The predicted octanol–water partition coefficient (Wildman–Crippen LogP) is 1.80. The van der Waals surface area contributed by atoms with Crippen molar-refractivity contribution in [1.82, 2.24) is 0 Å². The molecule has 0 amide bonds. The number of hydrogen-bond acceptors (Lipinski definition) is 0. The van der Waals surface area contributed by atoms with E-state index in [1.807, 2.05) is 12.1 Å². The van der Waals surface area contributed by atoms with Crippen molar-refractivity contribution in [3.05, 3.63) is 59.2 Å². The Morgan fingerprint density at radius 2 is 1.50 bits per heavy atom. The van der Waals surface area contributed by atoms with E-state index in [1.54, 1.807) is 0 Å². The van der Waals surface area contributed by atoms with E-state index in [4.69, 9.17) is 0 Å². The first-order valence-electron chi connectivity index (χ1n) is 5.68. The first-order chi connectivity index (χ1) is 7.66. The van der Waals surface area contributed by atoms with E-state index in [0.717, 1.165) is 7.28 Å². The molecule has 1 heteroatoms. The quantitative estimate of drug-likeness (QED) is 0.658. The summed E-state index contributed by atoms with van der Waals surface area (Å²) in [6, 6.07) is 15.8. The molecule has 0 bridgehead atoms. The lowest BCUT2D eigenvalue weighted by Gasteiger charge is -2.10. The number of rotatable bonds is 2. The fourth-order valence-corrected chi connectivity index (χ4v) is 2.23. The molecule has 0 heterocycles. The van der Waals surface area contributed by atoms with Crippen molar-refractivity contribution in [3.63, 3.8) is 0 Å². The van der Waals surface area contributed by atoms with Gasteiger partial charge in [0.05, 0.1) is 0 Å². The normalized spacial score (nSPS) is 10.2. The Labute approximate surface area is 98.6 Å². The third-order valence-electron chi connectivity index (χ3n) is 3.01. The van der Waals surface area contributed by atoms with Gasteiger partial charge in [-0.2, -0.15) is 0 Å². The minimum absolute atomic E-state index is 1.02. The predicted molar refractivity (Wildman–Crippen MR) is 72.3 cm³/mol. The van der Waals surface area contributed by atoms with E-state index >= 15 is 0 Å². The monoisotopic (exact) mass is 207 g/mol. The molecule has 0 aromatic heterocycles. The highest BCUT2D eigenvalue weighted by Gasteiger charge is 2.06. The van der Waals surface area contributed by atoms with E-state index in [1.165, 1.54) is 27.6 Å². The van der Waals surface area contributed by atoms with Crippen molar-refractivity contribution < 1.29 is 0 Å². The van der Waals surface area contributed by atoms with Gasteiger partial charge >= 0.3 is 0 Å². The average molecular weight is 207 g/mol. The molecule has 79 valence electrons. The Morgan fingerprint density at radius 3 is 2.06 bits per heavy atom. The Kier molecular flexibility index (Phi) is 3.14. The highest BCUT2D eigenvalue weighted by molar-refractivity contribution is 6.68. The molecule has 2 rings (SSSR count). The summed E-state index contributed by atoms with van der Waals surface area (Å²) in [6.45, 7) is 6.55. The number of aryl methyl sites for hydroxylation is 3. The lowest BCUT2D eigenvalue weighted by atomic mass is 9.61. The van der Waals surface area contributed by atoms with E-state index in [9.17, 15) is 0 Å². The minimum Gasteiger partial charge on any atom is -0.0785 e. The SMILES string of the molecule is Cc1cc(C)c(Bc2cc[c]cc2)c(C)c1. The molecule has 0 unspecified atom stereocenters. The summed E-state index contributed by atoms with van der Waals surface area (Å²) in [5.74, 6) is 0. The molecule has 16 heavy (non-hydrogen) atoms. The molecular weight excluding hydrogens is 191 g/mol. The van der Waals surface area contributed by atoms with Crippen molar-refractivity contribution in [1.29, 1.82) is 0 Å². The van der Waals surface area contributed by atoms with E-state index < -0.39 is 0 Å². The Bertz CT molecular complexity index is 463. The fraction of sp³-hybridized carbons (Fsp3) is 0.200. The van der Waals surface area contributed by atoms with E-state index in [0.29, 0.717) is 0 Å². The molecule has 0 nitrogen and oxygen atoms in total. The zero-order valence-electron chi connectivity index (χ0n) is 10.2. The zero-order chi connectivity index (χ0) is 11.5. The molecule has 0 aliphatic carbocycles. The van der Waals surface area contributed by atoms with E-state index in [2.05, 4.69) is 51.1 Å². The molecule has 0 N–H and O–H groups in total. The summed E-state index contributed by atoms with van der Waals surface area (Å²) in [5.41, 5.74) is 6.95. The highest BCUT2D eigenvalue weighted by Crippen LogP contribution is 2.04. The molecule has 0 aliphatic rings. The van der Waals surface area contributed by atoms with Gasteiger partial charge in [0.2, 0.25) is 0 Å². The van der Waals surface area contributed by atoms with Crippen molar-refractivity contribution in [2.75, 3.05) is 0 Å². The minimum atomic E-state index is 1.02. The van der Waals surface area contributed by atoms with Crippen LogP contribution in [0.25, 0.3) is 0 Å². The molecule has 2 aromatic carbocycles. The maximum Gasteiger partial charge on any atom is 0.192 e. The second-order valence-corrected chi connectivity index (χ2v) is 4.46. The van der Waals surface area contributed by atoms with Gasteiger partial charge < -0.3 is 0 Å². The van der Waals surface area contributed by atoms with Crippen molar-refractivity contribution >= 4 is 18.2 Å². The summed E-state index contributed by atoms with van der Waals surface area (Å²) in [6.07, 6.45) is 0. The summed E-state index contributed by atoms with van der Waals surface area (Å²) >= 11 is 0. The van der Waals surface area contributed by atoms with Gasteiger partial charge in [-0.15, -0.1) is 0 Å². The van der Waals surface area contributed by atoms with Gasteiger partial charge in [0.15, 0.2) is 7.28 Å². The second-order valence-electron chi connectivity index (χ2n) is 4.46. The van der Waals surface area contributed by atoms with Crippen LogP contribution in [0.5, 0.6) is 0 Å². The summed E-state index contributed by atoms with van der Waals surface area (Å²) in [7, 11) is 1.02. The first-order valence-corrected chi connectivity index (χ1v) is 5.68. The number of benzene rings is 2. The van der Waals surface area contributed by atoms with Gasteiger partial charge in [-0.3, -0.25) is 0 Å². The third-order valence-corrected chi connectivity index (χ3v) is 3.01. The first kappa shape index (κ1) is 11.0. The van der Waals surface area contributed by atoms with Crippen LogP contribution in [-0.2, 0) is 0 Å². The van der Waals surface area contributed by atoms with E-state index in [-0.39, 0.29) is 0 Å². The van der Waals surface area contributed by atoms with Crippen LogP contribution in [0.4, 0.5) is 0 Å². The Morgan fingerprint density at radius 1 is 0.938 bits per heavy atom. The lowest BCUT2D eigenvalue weighted by Crippen LogP contribution is -2.31. The molecule has 0 spiro atoms. The van der Waals surface area contributed by atoms with Crippen LogP contribution in [0.1, 0.15) is 16.7 Å². The van der Waals surface area contributed by atoms with Crippen LogP contribution in [-0.4, -0.2) is 7.28 Å². The Hall–Kier alpha value is -1.50. The molecule has 0 saturated heterocycles. The van der Waals surface area contributed by atoms with Crippen LogP contribution in [0, 0.1) is 26.8 Å². The van der Waals surface area contributed by atoms with Crippen LogP contribution in [0.2, 0.25) is 0 Å². The van der Waals surface area contributed by atoms with Gasteiger partial charge in [-0.1, -0.05) is 64.0 Å². The van der Waals surface area contributed by atoms with Gasteiger partial charge in [-0.25, -0.2) is 0 Å². The van der Waals surface area contributed by atoms with Gasteiger partial charge in [-0.05, 0) is 26.8 Å². The molecule has 1 radical (unpaired) electrons. The Balaban J connectivity index is 2.35. The standard InChI is InChI=1S/C15H16B/c1-11-9-12(2)15(13(3)10-11)16-14-7-5-4-6-8-14/h5-10,16H,1-3H3. The molecule has 0 fully saturated rings. The van der Waals surface area contributed by atoms with Crippen molar-refractivity contribution in [2.24, 2.45) is 0 Å². The molecule has 0 aliphatic heterocycles. The van der Waals surface area contributed by atoms with Crippen LogP contribution in [0.15, 0.2) is 36.4 Å². The summed E-state index contributed by atoms with van der Waals surface area (Å²) in [4.78, 5) is 0. The molecular formula is C15H16B. The zero-order valence-corrected chi connectivity index (χ0v) is 10.2. The summed E-state index contributed by atoms with van der Waals surface area (Å²) in [5, 5.41) is 0. The second kappa shape index (κ2) is 4.57. The average Bonchev–Trinajstić information content (AvgIpc) is 2.25. The third kappa shape index (κ3) is 2.36. The maximum absolute atomic E-state index is 3.06. The molecule has 0 atom stereocenters. The smallest absolute Gasteiger partial charge is 0.0785 e. The van der Waals surface area contributed by atoms with Gasteiger partial charge in [0.25, 0.3) is 0 Å². The van der Waals surface area contributed by atoms with Crippen LogP contribution < -0.4 is 10.9 Å². The number of hydrogen-bond donors (Lipinski definition) is 0. The highest BCUT2D eigenvalue weighted by atomic mass is 14.0.